The molecule has 0 aliphatic heterocycles. The highest BCUT2D eigenvalue weighted by atomic mass is 35.5. The van der Waals surface area contributed by atoms with Crippen LogP contribution in [-0.2, 0) is 9.59 Å². The maximum absolute atomic E-state index is 11.6. The molecular weight excluding hydrogens is 316 g/mol. The van der Waals surface area contributed by atoms with E-state index in [4.69, 9.17) is 44.6 Å². The number of methoxy groups -OCH3 is 1. The molecule has 0 fully saturated rings. The van der Waals surface area contributed by atoms with E-state index < -0.39 is 21.9 Å². The molecule has 102 valence electrons. The zero-order valence-corrected chi connectivity index (χ0v) is 11.8. The first kappa shape index (κ1) is 15.6. The lowest BCUT2D eigenvalue weighted by molar-refractivity contribution is -0.132. The summed E-state index contributed by atoms with van der Waals surface area (Å²) in [7, 11) is 1.45. The van der Waals surface area contributed by atoms with Gasteiger partial charge in [0.05, 0.1) is 12.1 Å². The van der Waals surface area contributed by atoms with Crippen LogP contribution in [0.4, 0.5) is 5.69 Å². The summed E-state index contributed by atoms with van der Waals surface area (Å²) in [5, 5.41) is 9.83. The van der Waals surface area contributed by atoms with Gasteiger partial charge in [0.2, 0.25) is 0 Å². The highest BCUT2D eigenvalue weighted by Gasteiger charge is 2.17. The van der Waals surface area contributed by atoms with Crippen LogP contribution in [0.25, 0.3) is 0 Å². The topological polar surface area (TPSA) is 75.6 Å². The quantitative estimate of drug-likeness (QED) is 0.835. The Labute approximate surface area is 123 Å². The third-order valence-electron chi connectivity index (χ3n) is 1.99. The number of carboxylic acid groups (broad SMARTS) is 1. The van der Waals surface area contributed by atoms with Crippen LogP contribution in [0.1, 0.15) is 0 Å². The molecule has 19 heavy (non-hydrogen) atoms. The van der Waals surface area contributed by atoms with Gasteiger partial charge in [-0.2, -0.15) is 0 Å². The van der Waals surface area contributed by atoms with Crippen LogP contribution in [0.2, 0.25) is 5.02 Å². The molecule has 0 unspecified atom stereocenters. The molecule has 1 aromatic carbocycles. The Kier molecular flexibility index (Phi) is 5.47. The predicted molar refractivity (Wildman–Crippen MR) is 73.0 cm³/mol. The number of benzene rings is 1. The summed E-state index contributed by atoms with van der Waals surface area (Å²) in [6.45, 7) is 0. The standard InChI is InChI=1S/C11H8Cl3NO4/c1-19-7-3-2-5(4-6(7)12)15-10(16)8(13)9(14)11(17)18/h2-4H,1H3,(H,15,16)(H,17,18)/b9-8-. The van der Waals surface area contributed by atoms with Gasteiger partial charge in [0, 0.05) is 5.69 Å². The average Bonchev–Trinajstić information content (AvgIpc) is 2.37. The lowest BCUT2D eigenvalue weighted by Crippen LogP contribution is -2.14. The van der Waals surface area contributed by atoms with Crippen LogP contribution in [0, 0.1) is 0 Å². The molecule has 2 N–H and O–H groups in total. The average molecular weight is 325 g/mol. The van der Waals surface area contributed by atoms with Crippen molar-refractivity contribution in [3.8, 4) is 5.75 Å². The minimum absolute atomic E-state index is 0.282. The fraction of sp³-hybridized carbons (Fsp3) is 0.0909. The fourth-order valence-electron chi connectivity index (χ4n) is 1.12. The minimum atomic E-state index is -1.49. The van der Waals surface area contributed by atoms with Gasteiger partial charge < -0.3 is 15.2 Å². The number of carbonyl (C=O) groups excluding carboxylic acids is 1. The van der Waals surface area contributed by atoms with Gasteiger partial charge in [0.1, 0.15) is 15.8 Å². The largest absolute Gasteiger partial charge is 0.495 e. The number of ether oxygens (including phenoxy) is 1. The molecular formula is C11H8Cl3NO4. The molecule has 0 aliphatic rings. The lowest BCUT2D eigenvalue weighted by Gasteiger charge is -2.07. The third kappa shape index (κ3) is 4.02. The van der Waals surface area contributed by atoms with Gasteiger partial charge in [-0.15, -0.1) is 0 Å². The van der Waals surface area contributed by atoms with Crippen LogP contribution in [0.5, 0.6) is 5.75 Å². The van der Waals surface area contributed by atoms with Crippen molar-refractivity contribution in [2.75, 3.05) is 12.4 Å². The van der Waals surface area contributed by atoms with E-state index in [2.05, 4.69) is 5.32 Å². The van der Waals surface area contributed by atoms with Gasteiger partial charge in [0.25, 0.3) is 5.91 Å². The second-order valence-corrected chi connectivity index (χ2v) is 4.40. The number of carbonyl (C=O) groups is 2. The summed E-state index contributed by atoms with van der Waals surface area (Å²) in [5.74, 6) is -1.91. The Morgan fingerprint density at radius 2 is 1.89 bits per heavy atom. The fourth-order valence-corrected chi connectivity index (χ4v) is 1.60. The molecule has 8 heteroatoms. The molecule has 1 aromatic rings. The molecule has 0 aromatic heterocycles. The maximum atomic E-state index is 11.6. The molecule has 0 atom stereocenters. The number of rotatable bonds is 4. The van der Waals surface area contributed by atoms with Gasteiger partial charge >= 0.3 is 5.97 Å². The Balaban J connectivity index is 2.92. The van der Waals surface area contributed by atoms with Crippen molar-refractivity contribution in [3.63, 3.8) is 0 Å². The first-order chi connectivity index (χ1) is 8.86. The first-order valence-electron chi connectivity index (χ1n) is 4.80. The number of amides is 1. The SMILES string of the molecule is COc1ccc(NC(=O)/C(Cl)=C(/Cl)C(=O)O)cc1Cl. The Hall–Kier alpha value is -1.43. The van der Waals surface area contributed by atoms with Crippen molar-refractivity contribution < 1.29 is 19.4 Å². The second-order valence-electron chi connectivity index (χ2n) is 3.24. The van der Waals surface area contributed by atoms with Crippen molar-refractivity contribution in [1.29, 1.82) is 0 Å². The molecule has 0 radical (unpaired) electrons. The number of aliphatic carboxylic acids is 1. The molecule has 0 saturated heterocycles. The Morgan fingerprint density at radius 3 is 2.37 bits per heavy atom. The second kappa shape index (κ2) is 6.65. The zero-order chi connectivity index (χ0) is 14.6. The lowest BCUT2D eigenvalue weighted by atomic mass is 10.3. The number of anilines is 1. The van der Waals surface area contributed by atoms with E-state index in [1.807, 2.05) is 0 Å². The molecule has 1 amide bonds. The Bertz CT molecular complexity index is 557. The highest BCUT2D eigenvalue weighted by Crippen LogP contribution is 2.27. The van der Waals surface area contributed by atoms with E-state index in [1.54, 1.807) is 0 Å². The van der Waals surface area contributed by atoms with Gasteiger partial charge in [-0.25, -0.2) is 4.79 Å². The van der Waals surface area contributed by atoms with E-state index >= 15 is 0 Å². The van der Waals surface area contributed by atoms with Gasteiger partial charge in [-0.1, -0.05) is 34.8 Å². The van der Waals surface area contributed by atoms with E-state index in [9.17, 15) is 9.59 Å². The van der Waals surface area contributed by atoms with E-state index in [1.165, 1.54) is 25.3 Å². The molecule has 0 heterocycles. The molecule has 5 nitrogen and oxygen atoms in total. The molecule has 0 spiro atoms. The smallest absolute Gasteiger partial charge is 0.349 e. The summed E-state index contributed by atoms with van der Waals surface area (Å²) >= 11 is 16.7. The minimum Gasteiger partial charge on any atom is -0.495 e. The Morgan fingerprint density at radius 1 is 1.26 bits per heavy atom. The summed E-state index contributed by atoms with van der Waals surface area (Å²) < 4.78 is 4.94. The number of hydrogen-bond acceptors (Lipinski definition) is 3. The van der Waals surface area contributed by atoms with Gasteiger partial charge in [-0.05, 0) is 18.2 Å². The van der Waals surface area contributed by atoms with E-state index in [0.29, 0.717) is 11.4 Å². The van der Waals surface area contributed by atoms with E-state index in [0.717, 1.165) is 0 Å². The van der Waals surface area contributed by atoms with Crippen molar-refractivity contribution in [2.24, 2.45) is 0 Å². The number of halogens is 3. The maximum Gasteiger partial charge on any atom is 0.349 e. The molecule has 0 saturated carbocycles. The summed E-state index contributed by atoms with van der Waals surface area (Å²) in [6.07, 6.45) is 0. The molecule has 0 aliphatic carbocycles. The van der Waals surface area contributed by atoms with Crippen LogP contribution >= 0.6 is 34.8 Å². The van der Waals surface area contributed by atoms with Crippen LogP contribution in [0.15, 0.2) is 28.3 Å². The highest BCUT2D eigenvalue weighted by molar-refractivity contribution is 6.54. The van der Waals surface area contributed by atoms with Gasteiger partial charge in [0.15, 0.2) is 0 Å². The zero-order valence-electron chi connectivity index (χ0n) is 9.54. The van der Waals surface area contributed by atoms with E-state index in [-0.39, 0.29) is 5.02 Å². The van der Waals surface area contributed by atoms with Crippen molar-refractivity contribution >= 4 is 52.4 Å². The molecule has 0 bridgehead atoms. The summed E-state index contributed by atoms with van der Waals surface area (Å²) in [6, 6.07) is 4.48. The number of nitrogens with one attached hydrogen (secondary N) is 1. The number of carboxylic acids is 1. The van der Waals surface area contributed by atoms with Crippen LogP contribution in [0.3, 0.4) is 0 Å². The monoisotopic (exact) mass is 323 g/mol. The third-order valence-corrected chi connectivity index (χ3v) is 3.09. The summed E-state index contributed by atoms with van der Waals surface area (Å²) in [4.78, 5) is 22.1. The van der Waals surface area contributed by atoms with Crippen molar-refractivity contribution in [2.45, 2.75) is 0 Å². The predicted octanol–water partition coefficient (Wildman–Crippen LogP) is 3.06. The van der Waals surface area contributed by atoms with Crippen LogP contribution in [-0.4, -0.2) is 24.1 Å². The van der Waals surface area contributed by atoms with Crippen molar-refractivity contribution in [3.05, 3.63) is 33.3 Å². The van der Waals surface area contributed by atoms with Gasteiger partial charge in [-0.3, -0.25) is 4.79 Å². The first-order valence-corrected chi connectivity index (χ1v) is 5.93. The summed E-state index contributed by atoms with van der Waals surface area (Å²) in [5.41, 5.74) is 0.323. The number of hydrogen-bond donors (Lipinski definition) is 2. The molecule has 1 rings (SSSR count). The van der Waals surface area contributed by atoms with Crippen LogP contribution < -0.4 is 10.1 Å². The normalized spacial score (nSPS) is 11.6. The van der Waals surface area contributed by atoms with Crippen molar-refractivity contribution in [1.82, 2.24) is 0 Å².